The molecule has 0 aliphatic carbocycles. The molecule has 0 fully saturated rings. The quantitative estimate of drug-likeness (QED) is 0.649. The number of nitrogens with one attached hydrogen (secondary N) is 2. The van der Waals surface area contributed by atoms with Gasteiger partial charge in [-0.1, -0.05) is 12.1 Å². The van der Waals surface area contributed by atoms with Crippen molar-refractivity contribution < 1.29 is 19.1 Å². The van der Waals surface area contributed by atoms with Gasteiger partial charge in [-0.2, -0.15) is 0 Å². The summed E-state index contributed by atoms with van der Waals surface area (Å²) < 4.78 is 10.4. The first-order chi connectivity index (χ1) is 13.5. The van der Waals surface area contributed by atoms with E-state index >= 15 is 0 Å². The van der Waals surface area contributed by atoms with Gasteiger partial charge in [0.05, 0.1) is 25.5 Å². The van der Waals surface area contributed by atoms with Gasteiger partial charge in [0.2, 0.25) is 0 Å². The van der Waals surface area contributed by atoms with E-state index in [1.807, 2.05) is 14.1 Å². The van der Waals surface area contributed by atoms with E-state index in [1.165, 1.54) is 14.2 Å². The standard InChI is InChI=1S/C21H27N3O4/c1-24(2)13-7-12-22-21(26)16-8-5-6-9-17(16)23-20(25)15-10-11-18(27-3)19(14-15)28-4/h5-6,8-11,14H,7,12-13H2,1-4H3,(H,22,26)(H,23,25). The number of rotatable bonds is 9. The van der Waals surface area contributed by atoms with Crippen molar-refractivity contribution in [2.75, 3.05) is 46.7 Å². The molecule has 0 saturated heterocycles. The molecule has 0 aliphatic heterocycles. The van der Waals surface area contributed by atoms with Crippen molar-refractivity contribution in [3.63, 3.8) is 0 Å². The van der Waals surface area contributed by atoms with Gasteiger partial charge >= 0.3 is 0 Å². The molecule has 2 rings (SSSR count). The molecular formula is C21H27N3O4. The van der Waals surface area contributed by atoms with E-state index in [-0.39, 0.29) is 11.8 Å². The zero-order valence-corrected chi connectivity index (χ0v) is 16.7. The third-order valence-electron chi connectivity index (χ3n) is 4.13. The molecule has 0 bridgehead atoms. The fourth-order valence-corrected chi connectivity index (χ4v) is 2.65. The number of hydrogen-bond acceptors (Lipinski definition) is 5. The number of benzene rings is 2. The summed E-state index contributed by atoms with van der Waals surface area (Å²) in [6.07, 6.45) is 0.846. The molecule has 150 valence electrons. The highest BCUT2D eigenvalue weighted by molar-refractivity contribution is 6.09. The lowest BCUT2D eigenvalue weighted by molar-refractivity contribution is 0.0953. The van der Waals surface area contributed by atoms with E-state index in [2.05, 4.69) is 15.5 Å². The molecule has 2 aromatic rings. The van der Waals surface area contributed by atoms with E-state index in [1.54, 1.807) is 42.5 Å². The number of anilines is 1. The number of carbonyl (C=O) groups is 2. The molecular weight excluding hydrogens is 358 g/mol. The summed E-state index contributed by atoms with van der Waals surface area (Å²) in [4.78, 5) is 27.2. The predicted octanol–water partition coefficient (Wildman–Crippen LogP) is 2.64. The predicted molar refractivity (Wildman–Crippen MR) is 109 cm³/mol. The number of amides is 2. The number of ether oxygens (including phenoxy) is 2. The Morgan fingerprint density at radius 1 is 0.964 bits per heavy atom. The molecule has 2 N–H and O–H groups in total. The highest BCUT2D eigenvalue weighted by Gasteiger charge is 2.15. The average Bonchev–Trinajstić information content (AvgIpc) is 2.70. The molecule has 7 heteroatoms. The lowest BCUT2D eigenvalue weighted by Gasteiger charge is -2.13. The molecule has 0 heterocycles. The molecule has 2 amide bonds. The van der Waals surface area contributed by atoms with Crippen molar-refractivity contribution in [2.24, 2.45) is 0 Å². The summed E-state index contributed by atoms with van der Waals surface area (Å²) in [6, 6.07) is 11.8. The molecule has 2 aromatic carbocycles. The summed E-state index contributed by atoms with van der Waals surface area (Å²) in [5.74, 6) is 0.439. The molecule has 0 radical (unpaired) electrons. The van der Waals surface area contributed by atoms with E-state index in [9.17, 15) is 9.59 Å². The Morgan fingerprint density at radius 3 is 2.36 bits per heavy atom. The van der Waals surface area contributed by atoms with Gasteiger partial charge in [0, 0.05) is 12.1 Å². The van der Waals surface area contributed by atoms with Crippen LogP contribution in [0, 0.1) is 0 Å². The van der Waals surface area contributed by atoms with Crippen molar-refractivity contribution in [3.8, 4) is 11.5 Å². The lowest BCUT2D eigenvalue weighted by atomic mass is 10.1. The van der Waals surface area contributed by atoms with Gasteiger partial charge in [0.15, 0.2) is 11.5 Å². The zero-order valence-electron chi connectivity index (χ0n) is 16.7. The van der Waals surface area contributed by atoms with Crippen LogP contribution < -0.4 is 20.1 Å². The van der Waals surface area contributed by atoms with Crippen LogP contribution in [0.15, 0.2) is 42.5 Å². The van der Waals surface area contributed by atoms with E-state index in [0.29, 0.717) is 34.9 Å². The van der Waals surface area contributed by atoms with Gasteiger partial charge in [0.25, 0.3) is 11.8 Å². The summed E-state index contributed by atoms with van der Waals surface area (Å²) >= 11 is 0. The number of nitrogens with zero attached hydrogens (tertiary/aromatic N) is 1. The van der Waals surface area contributed by atoms with Crippen molar-refractivity contribution in [1.29, 1.82) is 0 Å². The minimum absolute atomic E-state index is 0.220. The summed E-state index contributed by atoms with van der Waals surface area (Å²) in [6.45, 7) is 1.45. The zero-order chi connectivity index (χ0) is 20.5. The van der Waals surface area contributed by atoms with Gasteiger partial charge in [0.1, 0.15) is 0 Å². The summed E-state index contributed by atoms with van der Waals surface area (Å²) in [7, 11) is 7.02. The Morgan fingerprint density at radius 2 is 1.68 bits per heavy atom. The molecule has 0 aliphatic rings. The van der Waals surface area contributed by atoms with Crippen LogP contribution in [0.2, 0.25) is 0 Å². The molecule has 0 saturated carbocycles. The first kappa shape index (κ1) is 21.2. The third kappa shape index (κ3) is 5.72. The molecule has 0 spiro atoms. The number of carbonyl (C=O) groups excluding carboxylic acids is 2. The molecule has 7 nitrogen and oxygen atoms in total. The highest BCUT2D eigenvalue weighted by atomic mass is 16.5. The van der Waals surface area contributed by atoms with Gasteiger partial charge in [-0.25, -0.2) is 0 Å². The topological polar surface area (TPSA) is 79.9 Å². The average molecular weight is 385 g/mol. The van der Waals surface area contributed by atoms with Gasteiger partial charge in [-0.3, -0.25) is 9.59 Å². The third-order valence-corrected chi connectivity index (χ3v) is 4.13. The highest BCUT2D eigenvalue weighted by Crippen LogP contribution is 2.28. The first-order valence-corrected chi connectivity index (χ1v) is 9.01. The van der Waals surface area contributed by atoms with E-state index in [4.69, 9.17) is 9.47 Å². The molecule has 0 atom stereocenters. The number of hydrogen-bond donors (Lipinski definition) is 2. The normalized spacial score (nSPS) is 10.5. The van der Waals surface area contributed by atoms with Crippen molar-refractivity contribution in [3.05, 3.63) is 53.6 Å². The minimum atomic E-state index is -0.339. The second kappa shape index (κ2) is 10.3. The monoisotopic (exact) mass is 385 g/mol. The van der Waals surface area contributed by atoms with Crippen LogP contribution in [0.1, 0.15) is 27.1 Å². The second-order valence-electron chi connectivity index (χ2n) is 6.48. The number of methoxy groups -OCH3 is 2. The van der Waals surface area contributed by atoms with Crippen LogP contribution in [-0.4, -0.2) is 58.1 Å². The number of para-hydroxylation sites is 1. The molecule has 28 heavy (non-hydrogen) atoms. The van der Waals surface area contributed by atoms with Crippen LogP contribution in [-0.2, 0) is 0 Å². The van der Waals surface area contributed by atoms with Crippen LogP contribution in [0.3, 0.4) is 0 Å². The van der Waals surface area contributed by atoms with Gasteiger partial charge < -0.3 is 25.0 Å². The second-order valence-corrected chi connectivity index (χ2v) is 6.48. The van der Waals surface area contributed by atoms with E-state index < -0.39 is 0 Å². The largest absolute Gasteiger partial charge is 0.493 e. The molecule has 0 aromatic heterocycles. The Kier molecular flexibility index (Phi) is 7.83. The van der Waals surface area contributed by atoms with Gasteiger partial charge in [-0.05, 0) is 57.4 Å². The lowest BCUT2D eigenvalue weighted by Crippen LogP contribution is -2.28. The van der Waals surface area contributed by atoms with Crippen LogP contribution in [0.4, 0.5) is 5.69 Å². The maximum atomic E-state index is 12.6. The van der Waals surface area contributed by atoms with Crippen molar-refractivity contribution in [1.82, 2.24) is 10.2 Å². The maximum absolute atomic E-state index is 12.6. The van der Waals surface area contributed by atoms with Crippen LogP contribution in [0.5, 0.6) is 11.5 Å². The maximum Gasteiger partial charge on any atom is 0.255 e. The summed E-state index contributed by atoms with van der Waals surface area (Å²) in [5, 5.41) is 5.69. The van der Waals surface area contributed by atoms with E-state index in [0.717, 1.165) is 13.0 Å². The molecule has 0 unspecified atom stereocenters. The minimum Gasteiger partial charge on any atom is -0.493 e. The summed E-state index contributed by atoms with van der Waals surface area (Å²) in [5.41, 5.74) is 1.27. The van der Waals surface area contributed by atoms with Crippen LogP contribution >= 0.6 is 0 Å². The first-order valence-electron chi connectivity index (χ1n) is 9.01. The van der Waals surface area contributed by atoms with Crippen molar-refractivity contribution >= 4 is 17.5 Å². The fourth-order valence-electron chi connectivity index (χ4n) is 2.65. The Hall–Kier alpha value is -3.06. The SMILES string of the molecule is COc1ccc(C(=O)Nc2ccccc2C(=O)NCCCN(C)C)cc1OC. The van der Waals surface area contributed by atoms with Gasteiger partial charge in [-0.15, -0.1) is 0 Å². The smallest absolute Gasteiger partial charge is 0.255 e. The Labute approximate surface area is 165 Å². The van der Waals surface area contributed by atoms with Crippen LogP contribution in [0.25, 0.3) is 0 Å². The fraction of sp³-hybridized carbons (Fsp3) is 0.333. The van der Waals surface area contributed by atoms with Crippen molar-refractivity contribution in [2.45, 2.75) is 6.42 Å². The Bertz CT molecular complexity index is 821. The Balaban J connectivity index is 2.10.